The minimum atomic E-state index is -0.0919. The lowest BCUT2D eigenvalue weighted by Crippen LogP contribution is -2.21. The number of carbonyl (C=O) groups excluding carboxylic acids is 1. The molecule has 0 aliphatic rings. The average Bonchev–Trinajstić information content (AvgIpc) is 2.48. The van der Waals surface area contributed by atoms with Crippen LogP contribution in [0.15, 0.2) is 46.9 Å². The lowest BCUT2D eigenvalue weighted by molar-refractivity contribution is -0.114. The van der Waals surface area contributed by atoms with Crippen LogP contribution in [0.5, 0.6) is 5.75 Å². The van der Waals surface area contributed by atoms with Crippen LogP contribution in [0.1, 0.15) is 5.56 Å². The smallest absolute Gasteiger partial charge is 0.243 e. The zero-order chi connectivity index (χ0) is 15.2. The number of ether oxygens (including phenoxy) is 1. The molecule has 2 rings (SSSR count). The monoisotopic (exact) mass is 348 g/mol. The Kier molecular flexibility index (Phi) is 5.22. The maximum Gasteiger partial charge on any atom is 0.243 e. The van der Waals surface area contributed by atoms with E-state index in [2.05, 4.69) is 26.6 Å². The molecular weight excluding hydrogens is 332 g/mol. The molecule has 5 heteroatoms. The molecule has 0 spiro atoms. The number of benzene rings is 2. The van der Waals surface area contributed by atoms with Crippen molar-refractivity contribution < 1.29 is 9.53 Å². The highest BCUT2D eigenvalue weighted by Crippen LogP contribution is 2.21. The highest BCUT2D eigenvalue weighted by Gasteiger charge is 2.04. The molecule has 0 fully saturated rings. The standard InChI is InChI=1S/C16H17BrN2O2/c1-11-9-14(7-8-15(11)21-2)18-10-16(20)19-13-5-3-12(17)4-6-13/h3-9,18H,10H2,1-2H3,(H,19,20). The minimum absolute atomic E-state index is 0.0919. The molecule has 0 bridgehead atoms. The maximum absolute atomic E-state index is 11.9. The first-order chi connectivity index (χ1) is 10.1. The van der Waals surface area contributed by atoms with Crippen LogP contribution in [0.3, 0.4) is 0 Å². The Labute approximate surface area is 132 Å². The Hall–Kier alpha value is -2.01. The fraction of sp³-hybridized carbons (Fsp3) is 0.188. The summed E-state index contributed by atoms with van der Waals surface area (Å²) in [5.41, 5.74) is 2.69. The molecule has 2 aromatic carbocycles. The molecule has 0 atom stereocenters. The van der Waals surface area contributed by atoms with Crippen molar-refractivity contribution in [1.29, 1.82) is 0 Å². The number of methoxy groups -OCH3 is 1. The molecule has 0 aromatic heterocycles. The zero-order valence-electron chi connectivity index (χ0n) is 11.9. The summed E-state index contributed by atoms with van der Waals surface area (Å²) in [6, 6.07) is 13.2. The van der Waals surface area contributed by atoms with E-state index in [4.69, 9.17) is 4.74 Å². The molecular formula is C16H17BrN2O2. The summed E-state index contributed by atoms with van der Waals surface area (Å²) < 4.78 is 6.18. The average molecular weight is 349 g/mol. The van der Waals surface area contributed by atoms with Gasteiger partial charge in [0.15, 0.2) is 0 Å². The van der Waals surface area contributed by atoms with Crippen LogP contribution >= 0.6 is 15.9 Å². The van der Waals surface area contributed by atoms with Crippen molar-refractivity contribution in [1.82, 2.24) is 0 Å². The Morgan fingerprint density at radius 2 is 1.81 bits per heavy atom. The van der Waals surface area contributed by atoms with Gasteiger partial charge in [0, 0.05) is 15.8 Å². The van der Waals surface area contributed by atoms with Crippen LogP contribution < -0.4 is 15.4 Å². The van der Waals surface area contributed by atoms with E-state index < -0.39 is 0 Å². The van der Waals surface area contributed by atoms with Crippen LogP contribution in [0, 0.1) is 6.92 Å². The first kappa shape index (κ1) is 15.4. The van der Waals surface area contributed by atoms with Crippen molar-refractivity contribution in [2.45, 2.75) is 6.92 Å². The number of anilines is 2. The first-order valence-corrected chi connectivity index (χ1v) is 7.31. The van der Waals surface area contributed by atoms with Gasteiger partial charge in [0.25, 0.3) is 0 Å². The summed E-state index contributed by atoms with van der Waals surface area (Å²) in [4.78, 5) is 11.9. The van der Waals surface area contributed by atoms with Gasteiger partial charge in [-0.2, -0.15) is 0 Å². The summed E-state index contributed by atoms with van der Waals surface area (Å²) in [7, 11) is 1.64. The molecule has 0 aliphatic heterocycles. The van der Waals surface area contributed by atoms with Crippen LogP contribution in [0.25, 0.3) is 0 Å². The quantitative estimate of drug-likeness (QED) is 0.863. The number of carbonyl (C=O) groups is 1. The first-order valence-electron chi connectivity index (χ1n) is 6.52. The van der Waals surface area contributed by atoms with E-state index in [-0.39, 0.29) is 12.5 Å². The summed E-state index contributed by atoms with van der Waals surface area (Å²) in [6.45, 7) is 2.17. The fourth-order valence-electron chi connectivity index (χ4n) is 1.91. The molecule has 0 aliphatic carbocycles. The zero-order valence-corrected chi connectivity index (χ0v) is 13.5. The van der Waals surface area contributed by atoms with Gasteiger partial charge in [-0.3, -0.25) is 4.79 Å². The summed E-state index contributed by atoms with van der Waals surface area (Å²) >= 11 is 3.36. The van der Waals surface area contributed by atoms with Gasteiger partial charge < -0.3 is 15.4 Å². The van der Waals surface area contributed by atoms with Gasteiger partial charge in [0.05, 0.1) is 13.7 Å². The Balaban J connectivity index is 1.89. The largest absolute Gasteiger partial charge is 0.496 e. The number of rotatable bonds is 5. The van der Waals surface area contributed by atoms with Crippen molar-refractivity contribution in [2.24, 2.45) is 0 Å². The van der Waals surface area contributed by atoms with Gasteiger partial charge in [0.1, 0.15) is 5.75 Å². The molecule has 0 radical (unpaired) electrons. The van der Waals surface area contributed by atoms with Crippen molar-refractivity contribution >= 4 is 33.2 Å². The molecule has 110 valence electrons. The second-order valence-corrected chi connectivity index (χ2v) is 5.51. The van der Waals surface area contributed by atoms with Crippen LogP contribution in [0.2, 0.25) is 0 Å². The van der Waals surface area contributed by atoms with Gasteiger partial charge in [-0.1, -0.05) is 15.9 Å². The van der Waals surface area contributed by atoms with E-state index >= 15 is 0 Å². The van der Waals surface area contributed by atoms with E-state index in [0.717, 1.165) is 27.2 Å². The van der Waals surface area contributed by atoms with E-state index in [0.29, 0.717) is 0 Å². The van der Waals surface area contributed by atoms with Gasteiger partial charge in [0.2, 0.25) is 5.91 Å². The number of amides is 1. The summed E-state index contributed by atoms with van der Waals surface area (Å²) in [5.74, 6) is 0.741. The predicted molar refractivity (Wildman–Crippen MR) is 89.0 cm³/mol. The molecule has 2 N–H and O–H groups in total. The normalized spacial score (nSPS) is 10.0. The number of nitrogens with one attached hydrogen (secondary N) is 2. The van der Waals surface area contributed by atoms with E-state index in [1.54, 1.807) is 7.11 Å². The van der Waals surface area contributed by atoms with Crippen molar-refractivity contribution in [3.63, 3.8) is 0 Å². The van der Waals surface area contributed by atoms with E-state index in [9.17, 15) is 4.79 Å². The van der Waals surface area contributed by atoms with Crippen molar-refractivity contribution in [2.75, 3.05) is 24.3 Å². The fourth-order valence-corrected chi connectivity index (χ4v) is 2.17. The molecule has 2 aromatic rings. The third-order valence-electron chi connectivity index (χ3n) is 2.98. The lowest BCUT2D eigenvalue weighted by atomic mass is 10.2. The Morgan fingerprint density at radius 3 is 2.43 bits per heavy atom. The SMILES string of the molecule is COc1ccc(NCC(=O)Nc2ccc(Br)cc2)cc1C. The summed E-state index contributed by atoms with van der Waals surface area (Å²) in [6.07, 6.45) is 0. The van der Waals surface area contributed by atoms with Crippen molar-refractivity contribution in [3.8, 4) is 5.75 Å². The third-order valence-corrected chi connectivity index (χ3v) is 3.50. The summed E-state index contributed by atoms with van der Waals surface area (Å²) in [5, 5.41) is 5.92. The van der Waals surface area contributed by atoms with Crippen LogP contribution in [0.4, 0.5) is 11.4 Å². The Morgan fingerprint density at radius 1 is 1.14 bits per heavy atom. The second-order valence-electron chi connectivity index (χ2n) is 4.59. The van der Waals surface area contributed by atoms with Gasteiger partial charge in [-0.05, 0) is 55.0 Å². The molecule has 0 heterocycles. The van der Waals surface area contributed by atoms with E-state index in [1.165, 1.54) is 0 Å². The molecule has 4 nitrogen and oxygen atoms in total. The molecule has 0 saturated carbocycles. The molecule has 0 unspecified atom stereocenters. The molecule has 1 amide bonds. The second kappa shape index (κ2) is 7.13. The minimum Gasteiger partial charge on any atom is -0.496 e. The van der Waals surface area contributed by atoms with Gasteiger partial charge in [-0.25, -0.2) is 0 Å². The highest BCUT2D eigenvalue weighted by atomic mass is 79.9. The predicted octanol–water partition coefficient (Wildman–Crippen LogP) is 3.82. The Bertz CT molecular complexity index is 627. The van der Waals surface area contributed by atoms with Crippen LogP contribution in [-0.2, 0) is 4.79 Å². The third kappa shape index (κ3) is 4.49. The number of halogens is 1. The maximum atomic E-state index is 11.9. The number of aryl methyl sites for hydroxylation is 1. The number of hydrogen-bond donors (Lipinski definition) is 2. The lowest BCUT2D eigenvalue weighted by Gasteiger charge is -2.10. The molecule has 21 heavy (non-hydrogen) atoms. The molecule has 0 saturated heterocycles. The van der Waals surface area contributed by atoms with Gasteiger partial charge in [-0.15, -0.1) is 0 Å². The number of hydrogen-bond acceptors (Lipinski definition) is 3. The highest BCUT2D eigenvalue weighted by molar-refractivity contribution is 9.10. The van der Waals surface area contributed by atoms with Crippen LogP contribution in [-0.4, -0.2) is 19.6 Å². The van der Waals surface area contributed by atoms with Gasteiger partial charge >= 0.3 is 0 Å². The van der Waals surface area contributed by atoms with E-state index in [1.807, 2.05) is 49.4 Å². The van der Waals surface area contributed by atoms with Crippen molar-refractivity contribution in [3.05, 3.63) is 52.5 Å². The topological polar surface area (TPSA) is 50.4 Å².